The van der Waals surface area contributed by atoms with Crippen molar-refractivity contribution >= 4 is 44.8 Å². The molecule has 0 radical (unpaired) electrons. The molecule has 0 aliphatic rings. The lowest BCUT2D eigenvalue weighted by Crippen LogP contribution is -2.49. The minimum Gasteiger partial charge on any atom is -0.395 e. The van der Waals surface area contributed by atoms with Crippen molar-refractivity contribution in [3.8, 4) is 0 Å². The van der Waals surface area contributed by atoms with Gasteiger partial charge in [-0.15, -0.1) is 11.6 Å². The highest BCUT2D eigenvalue weighted by molar-refractivity contribution is 7.85. The van der Waals surface area contributed by atoms with E-state index in [0.717, 1.165) is 23.3 Å². The highest BCUT2D eigenvalue weighted by Gasteiger charge is 2.33. The van der Waals surface area contributed by atoms with E-state index in [4.69, 9.17) is 20.9 Å². The molecule has 1 aromatic carbocycles. The van der Waals surface area contributed by atoms with Crippen LogP contribution in [0, 0.1) is 20.2 Å². The summed E-state index contributed by atoms with van der Waals surface area (Å²) < 4.78 is 27.4. The molecule has 0 fully saturated rings. The zero-order chi connectivity index (χ0) is 22.2. The van der Waals surface area contributed by atoms with Crippen LogP contribution in [0.4, 0.5) is 21.9 Å². The third-order valence-corrected chi connectivity index (χ3v) is 4.30. The fourth-order valence-electron chi connectivity index (χ4n) is 2.31. The van der Waals surface area contributed by atoms with Crippen LogP contribution in [0.2, 0.25) is 0 Å². The summed E-state index contributed by atoms with van der Waals surface area (Å²) in [5.41, 5.74) is -1.65. The number of anilines is 1. The standard InChI is InChI=1S/C14H19ClN4O9S/c1-29(26,27)28-9-11(4-5-15)17(14(21)16-6-7-20)12-3-2-10(18(22)23)8-13(12)19(24)25/h2-3,8,11,20H,4-7,9H2,1H3,(H,16,21). The van der Waals surface area contributed by atoms with Crippen LogP contribution >= 0.6 is 11.6 Å². The molecule has 15 heteroatoms. The fraction of sp³-hybridized carbons (Fsp3) is 0.500. The summed E-state index contributed by atoms with van der Waals surface area (Å²) in [5.74, 6) is -0.0532. The van der Waals surface area contributed by atoms with Crippen molar-refractivity contribution in [1.29, 1.82) is 0 Å². The summed E-state index contributed by atoms with van der Waals surface area (Å²) in [6.07, 6.45) is 0.771. The molecule has 1 rings (SSSR count). The molecule has 29 heavy (non-hydrogen) atoms. The molecule has 0 bridgehead atoms. The van der Waals surface area contributed by atoms with Gasteiger partial charge in [0.05, 0.1) is 41.4 Å². The maximum absolute atomic E-state index is 12.6. The Bertz CT molecular complexity index is 865. The predicted octanol–water partition coefficient (Wildman–Crippen LogP) is 0.985. The first-order valence-electron chi connectivity index (χ1n) is 8.03. The molecule has 0 saturated heterocycles. The number of nitro benzene ring substituents is 2. The lowest BCUT2D eigenvalue weighted by molar-refractivity contribution is -0.393. The van der Waals surface area contributed by atoms with Gasteiger partial charge in [-0.1, -0.05) is 0 Å². The smallest absolute Gasteiger partial charge is 0.322 e. The summed E-state index contributed by atoms with van der Waals surface area (Å²) in [6.45, 7) is -1.19. The molecule has 2 N–H and O–H groups in total. The van der Waals surface area contributed by atoms with Crippen LogP contribution in [-0.2, 0) is 14.3 Å². The van der Waals surface area contributed by atoms with E-state index in [-0.39, 0.29) is 24.5 Å². The highest BCUT2D eigenvalue weighted by atomic mass is 35.5. The first-order chi connectivity index (χ1) is 13.5. The summed E-state index contributed by atoms with van der Waals surface area (Å²) in [6, 6.07) is 0.654. The molecule has 0 aliphatic heterocycles. The average Bonchev–Trinajstić information content (AvgIpc) is 2.63. The van der Waals surface area contributed by atoms with Gasteiger partial charge in [0.15, 0.2) is 0 Å². The van der Waals surface area contributed by atoms with Gasteiger partial charge in [0.25, 0.3) is 21.5 Å². The third-order valence-electron chi connectivity index (χ3n) is 3.51. The van der Waals surface area contributed by atoms with Crippen molar-refractivity contribution in [2.24, 2.45) is 0 Å². The van der Waals surface area contributed by atoms with Crippen LogP contribution in [0.25, 0.3) is 0 Å². The number of carbonyl (C=O) groups is 1. The number of halogens is 1. The number of amides is 2. The second-order valence-electron chi connectivity index (χ2n) is 5.63. The molecule has 162 valence electrons. The Balaban J connectivity index is 3.52. The van der Waals surface area contributed by atoms with Crippen molar-refractivity contribution in [3.05, 3.63) is 38.4 Å². The van der Waals surface area contributed by atoms with E-state index in [2.05, 4.69) is 5.32 Å². The van der Waals surface area contributed by atoms with Gasteiger partial charge in [-0.3, -0.25) is 29.3 Å². The maximum Gasteiger partial charge on any atom is 0.322 e. The van der Waals surface area contributed by atoms with Crippen LogP contribution in [-0.4, -0.2) is 67.3 Å². The first-order valence-corrected chi connectivity index (χ1v) is 10.4. The van der Waals surface area contributed by atoms with E-state index in [1.54, 1.807) is 0 Å². The van der Waals surface area contributed by atoms with Crippen molar-refractivity contribution in [2.75, 3.05) is 36.8 Å². The molecular weight excluding hydrogens is 436 g/mol. The molecule has 2 amide bonds. The number of benzene rings is 1. The van der Waals surface area contributed by atoms with Crippen LogP contribution in [0.15, 0.2) is 18.2 Å². The van der Waals surface area contributed by atoms with Gasteiger partial charge in [-0.2, -0.15) is 8.42 Å². The van der Waals surface area contributed by atoms with Gasteiger partial charge >= 0.3 is 6.03 Å². The number of urea groups is 1. The number of nitrogens with one attached hydrogen (secondary N) is 1. The summed E-state index contributed by atoms with van der Waals surface area (Å²) in [5, 5.41) is 33.6. The SMILES string of the molecule is CS(=O)(=O)OCC(CCCl)N(C(=O)NCCO)c1ccc([N+](=O)[O-])cc1[N+](=O)[O-]. The van der Waals surface area contributed by atoms with Crippen LogP contribution in [0.5, 0.6) is 0 Å². The van der Waals surface area contributed by atoms with Gasteiger partial charge in [0.2, 0.25) is 0 Å². The molecule has 0 spiro atoms. The number of alkyl halides is 1. The number of aliphatic hydroxyl groups is 1. The van der Waals surface area contributed by atoms with E-state index in [1.165, 1.54) is 0 Å². The zero-order valence-corrected chi connectivity index (χ0v) is 16.8. The molecular formula is C14H19ClN4O9S. The van der Waals surface area contributed by atoms with E-state index >= 15 is 0 Å². The molecule has 0 heterocycles. The summed E-state index contributed by atoms with van der Waals surface area (Å²) >= 11 is 5.73. The number of rotatable bonds is 11. The number of hydrogen-bond acceptors (Lipinski definition) is 9. The van der Waals surface area contributed by atoms with Gasteiger partial charge in [-0.25, -0.2) is 4.79 Å². The number of nitro groups is 2. The normalized spacial score (nSPS) is 12.2. The lowest BCUT2D eigenvalue weighted by Gasteiger charge is -2.30. The third kappa shape index (κ3) is 7.41. The van der Waals surface area contributed by atoms with E-state index < -0.39 is 56.6 Å². The Hall–Kier alpha value is -2.55. The Labute approximate surface area is 170 Å². The Morgan fingerprint density at radius 2 is 2.00 bits per heavy atom. The summed E-state index contributed by atoms with van der Waals surface area (Å²) in [4.78, 5) is 34.1. The average molecular weight is 455 g/mol. The molecule has 0 saturated carbocycles. The van der Waals surface area contributed by atoms with Crippen LogP contribution in [0.3, 0.4) is 0 Å². The lowest BCUT2D eigenvalue weighted by atomic mass is 10.1. The van der Waals surface area contributed by atoms with Crippen molar-refractivity contribution in [2.45, 2.75) is 12.5 Å². The van der Waals surface area contributed by atoms with Crippen molar-refractivity contribution < 1.29 is 32.3 Å². The largest absolute Gasteiger partial charge is 0.395 e. The molecule has 1 aromatic rings. The van der Waals surface area contributed by atoms with Crippen molar-refractivity contribution in [1.82, 2.24) is 5.32 Å². The fourth-order valence-corrected chi connectivity index (χ4v) is 2.97. The Morgan fingerprint density at radius 1 is 1.34 bits per heavy atom. The van der Waals surface area contributed by atoms with Gasteiger partial charge in [0.1, 0.15) is 5.69 Å². The summed E-state index contributed by atoms with van der Waals surface area (Å²) in [7, 11) is -3.90. The van der Waals surface area contributed by atoms with E-state index in [9.17, 15) is 33.4 Å². The van der Waals surface area contributed by atoms with Crippen LogP contribution in [0.1, 0.15) is 6.42 Å². The predicted molar refractivity (Wildman–Crippen MR) is 103 cm³/mol. The van der Waals surface area contributed by atoms with Gasteiger partial charge in [0, 0.05) is 18.5 Å². The van der Waals surface area contributed by atoms with Gasteiger partial charge in [-0.05, 0) is 12.5 Å². The minimum absolute atomic E-state index is 0.0161. The monoisotopic (exact) mass is 454 g/mol. The maximum atomic E-state index is 12.6. The first kappa shape index (κ1) is 24.5. The zero-order valence-electron chi connectivity index (χ0n) is 15.2. The van der Waals surface area contributed by atoms with Crippen molar-refractivity contribution in [3.63, 3.8) is 0 Å². The molecule has 0 aliphatic carbocycles. The molecule has 1 atom stereocenters. The number of non-ortho nitro benzene ring substituents is 1. The molecule has 1 unspecified atom stereocenters. The second-order valence-corrected chi connectivity index (χ2v) is 7.65. The number of hydrogen-bond donors (Lipinski definition) is 2. The number of nitrogens with zero attached hydrogens (tertiary/aromatic N) is 3. The topological polar surface area (TPSA) is 182 Å². The molecule has 13 nitrogen and oxygen atoms in total. The Kier molecular flexibility index (Phi) is 9.16. The quantitative estimate of drug-likeness (QED) is 0.213. The number of aliphatic hydroxyl groups excluding tert-OH is 1. The van der Waals surface area contributed by atoms with Gasteiger partial charge < -0.3 is 10.4 Å². The molecule has 0 aromatic heterocycles. The number of carbonyl (C=O) groups excluding carboxylic acids is 1. The van der Waals surface area contributed by atoms with E-state index in [0.29, 0.717) is 6.07 Å². The van der Waals surface area contributed by atoms with Crippen LogP contribution < -0.4 is 10.2 Å². The minimum atomic E-state index is -3.90. The highest BCUT2D eigenvalue weighted by Crippen LogP contribution is 2.34. The Morgan fingerprint density at radius 3 is 2.48 bits per heavy atom. The van der Waals surface area contributed by atoms with E-state index in [1.807, 2.05) is 0 Å². The second kappa shape index (κ2) is 10.8.